The summed E-state index contributed by atoms with van der Waals surface area (Å²) in [6, 6.07) is 2.61. The molecule has 0 spiro atoms. The lowest BCUT2D eigenvalue weighted by Gasteiger charge is -2.44. The van der Waals surface area contributed by atoms with E-state index >= 15 is 0 Å². The molecule has 2 aliphatic rings. The standard InChI is InChI=1S/C16H24N2O5S/c1-11(2)7-17-5-6-18(14-10-24(21,22)9-13(14)17)16(20)15-4-3-12(8-19)23-15/h3-4,11,13-14,19H,5-10H2,1-2H3/t13-,14+/m1/s1. The molecule has 1 N–H and O–H groups in total. The van der Waals surface area contributed by atoms with Crippen LogP contribution >= 0.6 is 0 Å². The van der Waals surface area contributed by atoms with Gasteiger partial charge in [0.25, 0.3) is 5.91 Å². The molecule has 134 valence electrons. The van der Waals surface area contributed by atoms with E-state index in [-0.39, 0.29) is 41.9 Å². The van der Waals surface area contributed by atoms with E-state index in [1.165, 1.54) is 6.07 Å². The van der Waals surface area contributed by atoms with Crippen molar-refractivity contribution in [2.75, 3.05) is 31.1 Å². The van der Waals surface area contributed by atoms with E-state index in [1.54, 1.807) is 11.0 Å². The first-order chi connectivity index (χ1) is 11.3. The molecule has 0 bridgehead atoms. The molecule has 8 heteroatoms. The number of amides is 1. The van der Waals surface area contributed by atoms with Gasteiger partial charge in [0.2, 0.25) is 0 Å². The summed E-state index contributed by atoms with van der Waals surface area (Å²) in [6.45, 7) is 5.92. The van der Waals surface area contributed by atoms with E-state index in [9.17, 15) is 13.2 Å². The maximum absolute atomic E-state index is 12.7. The molecular formula is C16H24N2O5S. The minimum absolute atomic E-state index is 0.00552. The average Bonchev–Trinajstić information content (AvgIpc) is 3.09. The van der Waals surface area contributed by atoms with Crippen molar-refractivity contribution in [1.29, 1.82) is 0 Å². The number of furan rings is 1. The Balaban J connectivity index is 1.83. The Bertz CT molecular complexity index is 712. The van der Waals surface area contributed by atoms with Gasteiger partial charge in [-0.15, -0.1) is 0 Å². The van der Waals surface area contributed by atoms with Crippen molar-refractivity contribution in [1.82, 2.24) is 9.80 Å². The zero-order valence-electron chi connectivity index (χ0n) is 14.0. The average molecular weight is 356 g/mol. The van der Waals surface area contributed by atoms with Gasteiger partial charge >= 0.3 is 0 Å². The van der Waals surface area contributed by atoms with Crippen LogP contribution in [0.5, 0.6) is 0 Å². The summed E-state index contributed by atoms with van der Waals surface area (Å²) in [7, 11) is -3.15. The van der Waals surface area contributed by atoms with Crippen molar-refractivity contribution in [2.45, 2.75) is 32.5 Å². The van der Waals surface area contributed by atoms with Crippen LogP contribution < -0.4 is 0 Å². The van der Waals surface area contributed by atoms with E-state index in [4.69, 9.17) is 9.52 Å². The fourth-order valence-corrected chi connectivity index (χ4v) is 5.70. The number of nitrogens with zero attached hydrogens (tertiary/aromatic N) is 2. The predicted molar refractivity (Wildman–Crippen MR) is 88.3 cm³/mol. The van der Waals surface area contributed by atoms with Gasteiger partial charge < -0.3 is 14.4 Å². The third-order valence-electron chi connectivity index (χ3n) is 4.68. The number of aliphatic hydroxyl groups is 1. The molecule has 0 radical (unpaired) electrons. The molecule has 0 aromatic carbocycles. The Hall–Kier alpha value is -1.38. The second-order valence-corrected chi connectivity index (χ2v) is 9.18. The van der Waals surface area contributed by atoms with Crippen molar-refractivity contribution in [3.8, 4) is 0 Å². The zero-order chi connectivity index (χ0) is 17.5. The highest BCUT2D eigenvalue weighted by molar-refractivity contribution is 7.91. The lowest BCUT2D eigenvalue weighted by molar-refractivity contribution is 0.0271. The van der Waals surface area contributed by atoms with E-state index < -0.39 is 9.84 Å². The second kappa shape index (κ2) is 6.50. The van der Waals surface area contributed by atoms with Crippen LogP contribution in [0.2, 0.25) is 0 Å². The Morgan fingerprint density at radius 3 is 2.62 bits per heavy atom. The first-order valence-corrected chi connectivity index (χ1v) is 10.1. The van der Waals surface area contributed by atoms with E-state index in [0.29, 0.717) is 24.8 Å². The van der Waals surface area contributed by atoms with Crippen molar-refractivity contribution in [3.05, 3.63) is 23.7 Å². The van der Waals surface area contributed by atoms with Crippen molar-refractivity contribution >= 4 is 15.7 Å². The van der Waals surface area contributed by atoms with Gasteiger partial charge in [-0.1, -0.05) is 13.8 Å². The van der Waals surface area contributed by atoms with Gasteiger partial charge in [-0.05, 0) is 18.1 Å². The third-order valence-corrected chi connectivity index (χ3v) is 6.38. The summed E-state index contributed by atoms with van der Waals surface area (Å²) in [5, 5.41) is 9.08. The van der Waals surface area contributed by atoms with Crippen LogP contribution in [0.25, 0.3) is 0 Å². The topological polar surface area (TPSA) is 91.1 Å². The summed E-state index contributed by atoms with van der Waals surface area (Å²) >= 11 is 0. The number of hydrogen-bond acceptors (Lipinski definition) is 6. The molecule has 0 unspecified atom stereocenters. The first kappa shape index (κ1) is 17.4. The largest absolute Gasteiger partial charge is 0.453 e. The van der Waals surface area contributed by atoms with Crippen LogP contribution in [-0.4, -0.2) is 72.5 Å². The summed E-state index contributed by atoms with van der Waals surface area (Å²) < 4.78 is 29.7. The molecular weight excluding hydrogens is 332 g/mol. The van der Waals surface area contributed by atoms with Crippen LogP contribution in [0.1, 0.15) is 30.2 Å². The Morgan fingerprint density at radius 1 is 1.29 bits per heavy atom. The second-order valence-electron chi connectivity index (χ2n) is 7.02. The molecule has 2 aliphatic heterocycles. The molecule has 0 saturated carbocycles. The number of rotatable bonds is 4. The summed E-state index contributed by atoms with van der Waals surface area (Å²) in [5.74, 6) is 0.728. The number of carbonyl (C=O) groups is 1. The van der Waals surface area contributed by atoms with Crippen LogP contribution in [0.3, 0.4) is 0 Å². The van der Waals surface area contributed by atoms with Crippen LogP contribution in [0.15, 0.2) is 16.5 Å². The molecule has 1 aromatic heterocycles. The zero-order valence-corrected chi connectivity index (χ0v) is 14.8. The summed E-state index contributed by atoms with van der Waals surface area (Å²) in [4.78, 5) is 16.6. The number of aliphatic hydroxyl groups excluding tert-OH is 1. The smallest absolute Gasteiger partial charge is 0.289 e. The van der Waals surface area contributed by atoms with Crippen molar-refractivity contribution in [3.63, 3.8) is 0 Å². The maximum atomic E-state index is 12.7. The van der Waals surface area contributed by atoms with Gasteiger partial charge in [0.05, 0.1) is 17.5 Å². The fourth-order valence-electron chi connectivity index (χ4n) is 3.69. The lowest BCUT2D eigenvalue weighted by Crippen LogP contribution is -2.61. The minimum Gasteiger partial charge on any atom is -0.453 e. The highest BCUT2D eigenvalue weighted by atomic mass is 32.2. The molecule has 2 fully saturated rings. The van der Waals surface area contributed by atoms with Crippen molar-refractivity contribution in [2.24, 2.45) is 5.92 Å². The SMILES string of the molecule is CC(C)CN1CCN(C(=O)c2ccc(CO)o2)[C@H]2CS(=O)(=O)C[C@H]21. The molecule has 2 saturated heterocycles. The van der Waals surface area contributed by atoms with Crippen LogP contribution in [0, 0.1) is 5.92 Å². The number of carbonyl (C=O) groups excluding carboxylic acids is 1. The molecule has 7 nitrogen and oxygen atoms in total. The van der Waals surface area contributed by atoms with Gasteiger partial charge in [-0.2, -0.15) is 0 Å². The number of piperazine rings is 1. The maximum Gasteiger partial charge on any atom is 0.289 e. The van der Waals surface area contributed by atoms with E-state index in [0.717, 1.165) is 6.54 Å². The van der Waals surface area contributed by atoms with Gasteiger partial charge in [-0.25, -0.2) is 8.42 Å². The molecule has 2 atom stereocenters. The summed E-state index contributed by atoms with van der Waals surface area (Å²) in [5.41, 5.74) is 0. The third kappa shape index (κ3) is 3.36. The number of hydrogen-bond donors (Lipinski definition) is 1. The monoisotopic (exact) mass is 356 g/mol. The lowest BCUT2D eigenvalue weighted by atomic mass is 10.0. The van der Waals surface area contributed by atoms with E-state index in [2.05, 4.69) is 18.7 Å². The highest BCUT2D eigenvalue weighted by Crippen LogP contribution is 2.29. The summed E-state index contributed by atoms with van der Waals surface area (Å²) in [6.07, 6.45) is 0. The molecule has 1 aromatic rings. The normalized spacial score (nSPS) is 26.8. The fraction of sp³-hybridized carbons (Fsp3) is 0.688. The quantitative estimate of drug-likeness (QED) is 0.837. The number of sulfone groups is 1. The first-order valence-electron chi connectivity index (χ1n) is 8.25. The van der Waals surface area contributed by atoms with Gasteiger partial charge in [0, 0.05) is 25.7 Å². The van der Waals surface area contributed by atoms with Crippen LogP contribution in [0.4, 0.5) is 0 Å². The predicted octanol–water partition coefficient (Wildman–Crippen LogP) is 0.351. The van der Waals surface area contributed by atoms with Gasteiger partial charge in [-0.3, -0.25) is 9.69 Å². The minimum atomic E-state index is -3.15. The van der Waals surface area contributed by atoms with Gasteiger partial charge in [0.15, 0.2) is 15.6 Å². The van der Waals surface area contributed by atoms with Crippen LogP contribution in [-0.2, 0) is 16.4 Å². The Kier molecular flexibility index (Phi) is 4.72. The highest BCUT2D eigenvalue weighted by Gasteiger charge is 2.48. The molecule has 3 rings (SSSR count). The Labute approximate surface area is 142 Å². The Morgan fingerprint density at radius 2 is 2.00 bits per heavy atom. The molecule has 24 heavy (non-hydrogen) atoms. The van der Waals surface area contributed by atoms with E-state index in [1.807, 2.05) is 0 Å². The van der Waals surface area contributed by atoms with Gasteiger partial charge in [0.1, 0.15) is 12.4 Å². The number of fused-ring (bicyclic) bond motifs is 1. The molecule has 3 heterocycles. The molecule has 0 aliphatic carbocycles. The molecule has 1 amide bonds. The van der Waals surface area contributed by atoms with Crippen molar-refractivity contribution < 1.29 is 22.7 Å².